The molecule has 63 heavy (non-hydrogen) atoms. The molecule has 0 N–H and O–H groups in total. The quantitative estimate of drug-likeness (QED) is 0.163. The van der Waals surface area contributed by atoms with Crippen molar-refractivity contribution in [2.24, 2.45) is 0 Å². The summed E-state index contributed by atoms with van der Waals surface area (Å²) in [4.78, 5) is 0. The lowest BCUT2D eigenvalue weighted by atomic mass is 9.82. The monoisotopic (exact) mass is 814 g/mol. The summed E-state index contributed by atoms with van der Waals surface area (Å²) in [6.45, 7) is 11.1. The van der Waals surface area contributed by atoms with Crippen molar-refractivity contribution in [2.75, 3.05) is 0 Å². The first-order valence-corrected chi connectivity index (χ1v) is 22.3. The van der Waals surface area contributed by atoms with Crippen LogP contribution in [-0.4, -0.2) is 0 Å². The number of hydrogen-bond donors (Lipinski definition) is 0. The number of rotatable bonds is 6. The fourth-order valence-corrected chi connectivity index (χ4v) is 9.07. The van der Waals surface area contributed by atoms with Gasteiger partial charge in [-0.3, -0.25) is 0 Å². The van der Waals surface area contributed by atoms with E-state index in [0.717, 1.165) is 17.6 Å². The Morgan fingerprint density at radius 1 is 0.365 bits per heavy atom. The molecule has 0 amide bonds. The molecule has 9 aromatic carbocycles. The van der Waals surface area contributed by atoms with Crippen molar-refractivity contribution in [3.63, 3.8) is 0 Å². The molecular formula is C62H54O. The first kappa shape index (κ1) is 41.1. The molecule has 0 fully saturated rings. The molecule has 1 aromatic heterocycles. The van der Waals surface area contributed by atoms with Gasteiger partial charge in [0, 0.05) is 16.2 Å². The van der Waals surface area contributed by atoms with Crippen molar-refractivity contribution in [1.82, 2.24) is 0 Å². The van der Waals surface area contributed by atoms with Crippen LogP contribution in [0.4, 0.5) is 0 Å². The average Bonchev–Trinajstić information content (AvgIpc) is 3.81. The number of para-hydroxylation sites is 1. The van der Waals surface area contributed by atoms with Crippen molar-refractivity contribution in [1.29, 1.82) is 0 Å². The third kappa shape index (κ3) is 8.66. The molecule has 1 nitrogen and oxygen atoms in total. The van der Waals surface area contributed by atoms with Gasteiger partial charge in [0.05, 0.1) is 0 Å². The third-order valence-electron chi connectivity index (χ3n) is 12.5. The van der Waals surface area contributed by atoms with Gasteiger partial charge in [-0.25, -0.2) is 0 Å². The van der Waals surface area contributed by atoms with E-state index >= 15 is 0 Å². The molecule has 0 aliphatic heterocycles. The Bertz CT molecular complexity index is 3130. The molecule has 0 saturated heterocycles. The van der Waals surface area contributed by atoms with Crippen LogP contribution in [-0.2, 0) is 11.8 Å². The number of benzene rings is 9. The van der Waals surface area contributed by atoms with Crippen LogP contribution in [0.25, 0.3) is 77.6 Å². The van der Waals surface area contributed by atoms with Gasteiger partial charge < -0.3 is 4.42 Å². The van der Waals surface area contributed by atoms with Crippen molar-refractivity contribution < 1.29 is 4.42 Å². The SMILES string of the molecule is CCCc1ccc(-c2ccccc2-c2ccccc2)cc1.Cc1ccc(-c2ccc(-c3ccc4c(c3)oc3ccccc34)cc2)cc1.Cc1ccc2c(c1)C(C)(C)c1ccccc1-2. The van der Waals surface area contributed by atoms with Gasteiger partial charge in [0.15, 0.2) is 0 Å². The lowest BCUT2D eigenvalue weighted by Crippen LogP contribution is -2.14. The maximum absolute atomic E-state index is 6.02. The molecular weight excluding hydrogens is 761 g/mol. The van der Waals surface area contributed by atoms with Crippen LogP contribution in [0.2, 0.25) is 0 Å². The van der Waals surface area contributed by atoms with Crippen LogP contribution in [0.15, 0.2) is 217 Å². The van der Waals surface area contributed by atoms with Crippen molar-refractivity contribution in [2.45, 2.75) is 52.9 Å². The summed E-state index contributed by atoms with van der Waals surface area (Å²) < 4.78 is 6.02. The van der Waals surface area contributed by atoms with E-state index in [1.165, 1.54) is 101 Å². The molecule has 1 heterocycles. The molecule has 0 saturated carbocycles. The van der Waals surface area contributed by atoms with Gasteiger partial charge in [-0.15, -0.1) is 0 Å². The highest BCUT2D eigenvalue weighted by Crippen LogP contribution is 2.48. The van der Waals surface area contributed by atoms with Crippen molar-refractivity contribution in [3.05, 3.63) is 240 Å². The van der Waals surface area contributed by atoms with Gasteiger partial charge in [-0.05, 0) is 111 Å². The number of furan rings is 1. The number of fused-ring (bicyclic) bond motifs is 6. The molecule has 0 spiro atoms. The molecule has 1 heteroatoms. The van der Waals surface area contributed by atoms with Crippen LogP contribution in [0.3, 0.4) is 0 Å². The highest BCUT2D eigenvalue weighted by atomic mass is 16.3. The standard InChI is InChI=1S/C25H18O.C21H20.C16H16/c1-17-6-8-18(9-7-17)19-10-12-20(13-11-19)21-14-15-23-22-4-2-3-5-24(22)26-25(23)16-21;1-2-8-17-13-15-19(16-14-17)21-12-7-6-11-20(21)18-9-4-3-5-10-18;1-11-8-9-13-12-6-4-5-7-14(12)16(2,3)15(13)10-11/h2-16H,1H3;3-7,9-16H,2,8H2,1H3;4-10H,1-3H3. The van der Waals surface area contributed by atoms with E-state index in [0.29, 0.717) is 0 Å². The smallest absolute Gasteiger partial charge is 0.136 e. The molecule has 0 bridgehead atoms. The Balaban J connectivity index is 0.000000124. The minimum absolute atomic E-state index is 0.151. The second kappa shape index (κ2) is 18.0. The van der Waals surface area contributed by atoms with Crippen LogP contribution < -0.4 is 0 Å². The normalized spacial score (nSPS) is 12.1. The first-order chi connectivity index (χ1) is 30.8. The Morgan fingerprint density at radius 3 is 1.54 bits per heavy atom. The predicted molar refractivity (Wildman–Crippen MR) is 269 cm³/mol. The highest BCUT2D eigenvalue weighted by molar-refractivity contribution is 6.05. The number of hydrogen-bond acceptors (Lipinski definition) is 1. The van der Waals surface area contributed by atoms with E-state index < -0.39 is 0 Å². The lowest BCUT2D eigenvalue weighted by Gasteiger charge is -2.21. The fourth-order valence-electron chi connectivity index (χ4n) is 9.07. The van der Waals surface area contributed by atoms with Crippen LogP contribution in [0, 0.1) is 13.8 Å². The van der Waals surface area contributed by atoms with Gasteiger partial charge in [0.25, 0.3) is 0 Å². The van der Waals surface area contributed by atoms with E-state index in [9.17, 15) is 0 Å². The maximum Gasteiger partial charge on any atom is 0.136 e. The van der Waals surface area contributed by atoms with Gasteiger partial charge in [-0.1, -0.05) is 232 Å². The van der Waals surface area contributed by atoms with Crippen molar-refractivity contribution in [3.8, 4) is 55.6 Å². The lowest BCUT2D eigenvalue weighted by molar-refractivity contribution is 0.660. The Kier molecular flexibility index (Phi) is 11.8. The molecule has 0 atom stereocenters. The largest absolute Gasteiger partial charge is 0.456 e. The molecule has 308 valence electrons. The maximum atomic E-state index is 6.02. The van der Waals surface area contributed by atoms with Gasteiger partial charge in [0.1, 0.15) is 11.2 Å². The van der Waals surface area contributed by atoms with E-state index in [2.05, 4.69) is 235 Å². The van der Waals surface area contributed by atoms with Crippen LogP contribution in [0.1, 0.15) is 55.0 Å². The topological polar surface area (TPSA) is 13.1 Å². The van der Waals surface area contributed by atoms with Gasteiger partial charge >= 0.3 is 0 Å². The van der Waals surface area contributed by atoms with Gasteiger partial charge in [-0.2, -0.15) is 0 Å². The molecule has 0 radical (unpaired) electrons. The molecule has 1 aliphatic carbocycles. The minimum atomic E-state index is 0.151. The van der Waals surface area contributed by atoms with Gasteiger partial charge in [0.2, 0.25) is 0 Å². The van der Waals surface area contributed by atoms with E-state index in [1.807, 2.05) is 12.1 Å². The summed E-state index contributed by atoms with van der Waals surface area (Å²) in [5, 5.41) is 2.34. The third-order valence-corrected chi connectivity index (χ3v) is 12.5. The first-order valence-electron chi connectivity index (χ1n) is 22.3. The van der Waals surface area contributed by atoms with Crippen LogP contribution >= 0.6 is 0 Å². The zero-order chi connectivity index (χ0) is 43.3. The number of aryl methyl sites for hydroxylation is 3. The summed E-state index contributed by atoms with van der Waals surface area (Å²) in [7, 11) is 0. The molecule has 11 rings (SSSR count). The van der Waals surface area contributed by atoms with E-state index in [1.54, 1.807) is 0 Å². The Labute approximate surface area is 373 Å². The van der Waals surface area contributed by atoms with E-state index in [-0.39, 0.29) is 5.41 Å². The fraction of sp³-hybridized carbons (Fsp3) is 0.129. The summed E-state index contributed by atoms with van der Waals surface area (Å²) in [6, 6.07) is 75.8. The Hall–Kier alpha value is -7.22. The molecule has 10 aromatic rings. The molecule has 0 unspecified atom stereocenters. The highest BCUT2D eigenvalue weighted by Gasteiger charge is 2.34. The van der Waals surface area contributed by atoms with Crippen molar-refractivity contribution >= 4 is 21.9 Å². The van der Waals surface area contributed by atoms with E-state index in [4.69, 9.17) is 4.42 Å². The minimum Gasteiger partial charge on any atom is -0.456 e. The summed E-state index contributed by atoms with van der Waals surface area (Å²) in [6.07, 6.45) is 2.35. The second-order valence-electron chi connectivity index (χ2n) is 17.3. The van der Waals surface area contributed by atoms with Crippen LogP contribution in [0.5, 0.6) is 0 Å². The Morgan fingerprint density at radius 2 is 0.857 bits per heavy atom. The predicted octanol–water partition coefficient (Wildman–Crippen LogP) is 17.5. The summed E-state index contributed by atoms with van der Waals surface area (Å²) >= 11 is 0. The molecule has 1 aliphatic rings. The second-order valence-corrected chi connectivity index (χ2v) is 17.3. The zero-order valence-corrected chi connectivity index (χ0v) is 37.0. The summed E-state index contributed by atoms with van der Waals surface area (Å²) in [5.74, 6) is 0. The summed E-state index contributed by atoms with van der Waals surface area (Å²) in [5.41, 5.74) is 21.8. The average molecular weight is 815 g/mol. The zero-order valence-electron chi connectivity index (χ0n) is 37.0.